The average molecular weight is 414 g/mol. The van der Waals surface area contributed by atoms with Crippen LogP contribution in [0.25, 0.3) is 0 Å². The standard InChI is InChI=1S/C18H17Cl2NO4S/c1-26(24)16-5-3-2-4-14(16)18(23)25-11-17(22)21-9-8-12-6-7-13(19)10-15(12)20/h2-7,10H,8-9,11H2,1H3,(H,21,22)/t26-/m1/s1. The van der Waals surface area contributed by atoms with Crippen LogP contribution < -0.4 is 5.32 Å². The highest BCUT2D eigenvalue weighted by atomic mass is 35.5. The normalized spacial score (nSPS) is 11.7. The summed E-state index contributed by atoms with van der Waals surface area (Å²) in [5.74, 6) is -1.12. The molecule has 0 spiro atoms. The van der Waals surface area contributed by atoms with Crippen LogP contribution >= 0.6 is 23.2 Å². The molecule has 2 aromatic carbocycles. The van der Waals surface area contributed by atoms with Crippen LogP contribution in [0.1, 0.15) is 15.9 Å². The Morgan fingerprint density at radius 1 is 1.15 bits per heavy atom. The van der Waals surface area contributed by atoms with E-state index in [0.29, 0.717) is 27.9 Å². The van der Waals surface area contributed by atoms with E-state index in [1.165, 1.54) is 12.3 Å². The quantitative estimate of drug-likeness (QED) is 0.707. The molecule has 1 atom stereocenters. The van der Waals surface area contributed by atoms with Gasteiger partial charge in [0.1, 0.15) is 0 Å². The Morgan fingerprint density at radius 3 is 2.58 bits per heavy atom. The molecule has 0 unspecified atom stereocenters. The maximum absolute atomic E-state index is 12.1. The summed E-state index contributed by atoms with van der Waals surface area (Å²) >= 11 is 11.9. The van der Waals surface area contributed by atoms with E-state index >= 15 is 0 Å². The molecule has 0 aliphatic heterocycles. The van der Waals surface area contributed by atoms with Crippen molar-refractivity contribution in [2.45, 2.75) is 11.3 Å². The fraction of sp³-hybridized carbons (Fsp3) is 0.222. The van der Waals surface area contributed by atoms with Crippen LogP contribution in [0.15, 0.2) is 47.4 Å². The van der Waals surface area contributed by atoms with E-state index in [9.17, 15) is 13.8 Å². The van der Waals surface area contributed by atoms with Gasteiger partial charge in [-0.2, -0.15) is 0 Å². The second kappa shape index (κ2) is 9.71. The monoisotopic (exact) mass is 413 g/mol. The number of amides is 1. The van der Waals surface area contributed by atoms with Crippen molar-refractivity contribution in [3.8, 4) is 0 Å². The van der Waals surface area contributed by atoms with E-state index in [1.54, 1.807) is 36.4 Å². The molecular weight excluding hydrogens is 397 g/mol. The molecule has 1 amide bonds. The first-order valence-electron chi connectivity index (χ1n) is 7.68. The van der Waals surface area contributed by atoms with E-state index in [0.717, 1.165) is 5.56 Å². The van der Waals surface area contributed by atoms with Crippen molar-refractivity contribution in [1.29, 1.82) is 0 Å². The van der Waals surface area contributed by atoms with Crippen molar-refractivity contribution in [2.24, 2.45) is 0 Å². The predicted molar refractivity (Wildman–Crippen MR) is 102 cm³/mol. The number of carbonyl (C=O) groups excluding carboxylic acids is 2. The lowest BCUT2D eigenvalue weighted by molar-refractivity contribution is -0.124. The van der Waals surface area contributed by atoms with Gasteiger partial charge in [-0.1, -0.05) is 41.4 Å². The molecule has 0 aromatic heterocycles. The Hall–Kier alpha value is -1.89. The van der Waals surface area contributed by atoms with Crippen LogP contribution in [0.4, 0.5) is 0 Å². The predicted octanol–water partition coefficient (Wildman–Crippen LogP) is 3.25. The third-order valence-electron chi connectivity index (χ3n) is 3.48. The maximum Gasteiger partial charge on any atom is 0.339 e. The lowest BCUT2D eigenvalue weighted by Crippen LogP contribution is -2.30. The Morgan fingerprint density at radius 2 is 1.88 bits per heavy atom. The summed E-state index contributed by atoms with van der Waals surface area (Å²) in [5.41, 5.74) is 1.04. The van der Waals surface area contributed by atoms with Gasteiger partial charge in [0.25, 0.3) is 5.91 Å². The summed E-state index contributed by atoms with van der Waals surface area (Å²) in [6, 6.07) is 11.6. The summed E-state index contributed by atoms with van der Waals surface area (Å²) in [6.45, 7) is -0.0782. The first-order valence-corrected chi connectivity index (χ1v) is 10.00. The van der Waals surface area contributed by atoms with Gasteiger partial charge in [0, 0.05) is 22.8 Å². The van der Waals surface area contributed by atoms with Crippen molar-refractivity contribution in [1.82, 2.24) is 5.32 Å². The van der Waals surface area contributed by atoms with E-state index in [1.807, 2.05) is 0 Å². The largest absolute Gasteiger partial charge is 0.452 e. The fourth-order valence-electron chi connectivity index (χ4n) is 2.21. The van der Waals surface area contributed by atoms with E-state index < -0.39 is 29.3 Å². The topological polar surface area (TPSA) is 72.5 Å². The number of benzene rings is 2. The number of nitrogens with one attached hydrogen (secondary N) is 1. The maximum atomic E-state index is 12.1. The van der Waals surface area contributed by atoms with Crippen LogP contribution in [0.2, 0.25) is 10.0 Å². The molecule has 0 aliphatic carbocycles. The summed E-state index contributed by atoms with van der Waals surface area (Å²) in [5, 5.41) is 3.72. The zero-order valence-electron chi connectivity index (χ0n) is 14.0. The first-order chi connectivity index (χ1) is 12.4. The highest BCUT2D eigenvalue weighted by Gasteiger charge is 2.16. The van der Waals surface area contributed by atoms with Crippen LogP contribution in [0.5, 0.6) is 0 Å². The second-order valence-corrected chi connectivity index (χ2v) is 7.55. The number of ether oxygens (including phenoxy) is 1. The number of hydrogen-bond donors (Lipinski definition) is 1. The zero-order chi connectivity index (χ0) is 19.1. The Kier molecular flexibility index (Phi) is 7.63. The fourth-order valence-corrected chi connectivity index (χ4v) is 3.44. The molecule has 26 heavy (non-hydrogen) atoms. The van der Waals surface area contributed by atoms with Crippen molar-refractivity contribution in [3.05, 3.63) is 63.6 Å². The molecule has 2 aromatic rings. The molecule has 0 radical (unpaired) electrons. The molecule has 5 nitrogen and oxygen atoms in total. The Balaban J connectivity index is 1.82. The third kappa shape index (κ3) is 5.83. The molecule has 0 saturated heterocycles. The van der Waals surface area contributed by atoms with Gasteiger partial charge < -0.3 is 10.1 Å². The zero-order valence-corrected chi connectivity index (χ0v) is 16.3. The number of hydrogen-bond acceptors (Lipinski definition) is 4. The second-order valence-electron chi connectivity index (χ2n) is 5.36. The molecule has 8 heteroatoms. The van der Waals surface area contributed by atoms with Gasteiger partial charge in [-0.25, -0.2) is 4.79 Å². The van der Waals surface area contributed by atoms with Crippen LogP contribution in [-0.2, 0) is 26.8 Å². The van der Waals surface area contributed by atoms with Crippen molar-refractivity contribution >= 4 is 45.9 Å². The van der Waals surface area contributed by atoms with Crippen LogP contribution in [0.3, 0.4) is 0 Å². The number of halogens is 2. The van der Waals surface area contributed by atoms with Gasteiger partial charge >= 0.3 is 5.97 Å². The molecular formula is C18H17Cl2NO4S. The molecule has 0 fully saturated rings. The molecule has 2 rings (SSSR count). The van der Waals surface area contributed by atoms with E-state index in [-0.39, 0.29) is 5.56 Å². The Labute approximate surface area is 164 Å². The number of rotatable bonds is 7. The summed E-state index contributed by atoms with van der Waals surface area (Å²) in [6.07, 6.45) is 1.99. The minimum atomic E-state index is -1.33. The summed E-state index contributed by atoms with van der Waals surface area (Å²) < 4.78 is 16.6. The first kappa shape index (κ1) is 20.4. The lowest BCUT2D eigenvalue weighted by Gasteiger charge is -2.09. The summed E-state index contributed by atoms with van der Waals surface area (Å²) in [4.78, 5) is 24.3. The molecule has 138 valence electrons. The summed E-state index contributed by atoms with van der Waals surface area (Å²) in [7, 11) is -1.33. The molecule has 0 saturated carbocycles. The van der Waals surface area contributed by atoms with Crippen molar-refractivity contribution in [2.75, 3.05) is 19.4 Å². The van der Waals surface area contributed by atoms with Gasteiger partial charge in [-0.3, -0.25) is 9.00 Å². The lowest BCUT2D eigenvalue weighted by atomic mass is 10.1. The molecule has 0 aliphatic rings. The highest BCUT2D eigenvalue weighted by molar-refractivity contribution is 7.84. The van der Waals surface area contributed by atoms with Crippen molar-refractivity contribution < 1.29 is 18.5 Å². The van der Waals surface area contributed by atoms with Gasteiger partial charge in [0.2, 0.25) is 0 Å². The van der Waals surface area contributed by atoms with E-state index in [4.69, 9.17) is 27.9 Å². The molecule has 0 heterocycles. The highest BCUT2D eigenvalue weighted by Crippen LogP contribution is 2.21. The van der Waals surface area contributed by atoms with Gasteiger partial charge in [-0.05, 0) is 36.2 Å². The number of esters is 1. The SMILES string of the molecule is C[S@@](=O)c1ccccc1C(=O)OCC(=O)NCCc1ccc(Cl)cc1Cl. The minimum absolute atomic E-state index is 0.189. The average Bonchev–Trinajstić information content (AvgIpc) is 2.61. The van der Waals surface area contributed by atoms with Gasteiger partial charge in [-0.15, -0.1) is 0 Å². The van der Waals surface area contributed by atoms with E-state index in [2.05, 4.69) is 5.32 Å². The Bertz CT molecular complexity index is 842. The number of carbonyl (C=O) groups is 2. The van der Waals surface area contributed by atoms with Crippen LogP contribution in [-0.4, -0.2) is 35.5 Å². The third-order valence-corrected chi connectivity index (χ3v) is 5.04. The van der Waals surface area contributed by atoms with Crippen molar-refractivity contribution in [3.63, 3.8) is 0 Å². The molecule has 1 N–H and O–H groups in total. The van der Waals surface area contributed by atoms with Gasteiger partial charge in [0.15, 0.2) is 6.61 Å². The molecule has 0 bridgehead atoms. The minimum Gasteiger partial charge on any atom is -0.452 e. The smallest absolute Gasteiger partial charge is 0.339 e. The van der Waals surface area contributed by atoms with Gasteiger partial charge in [0.05, 0.1) is 21.3 Å². The van der Waals surface area contributed by atoms with Crippen LogP contribution in [0, 0.1) is 0 Å².